The van der Waals surface area contributed by atoms with Crippen molar-refractivity contribution in [3.63, 3.8) is 0 Å². The molecule has 1 saturated carbocycles. The van der Waals surface area contributed by atoms with Crippen molar-refractivity contribution >= 4 is 34.0 Å². The molecule has 0 unspecified atom stereocenters. The molecule has 0 N–H and O–H groups in total. The van der Waals surface area contributed by atoms with Crippen LogP contribution in [-0.2, 0) is 4.84 Å². The van der Waals surface area contributed by atoms with Gasteiger partial charge in [0.05, 0.1) is 25.7 Å². The molecule has 32 heavy (non-hydrogen) atoms. The van der Waals surface area contributed by atoms with Gasteiger partial charge < -0.3 is 0 Å². The molecule has 4 rings (SSSR count). The van der Waals surface area contributed by atoms with E-state index in [9.17, 15) is 4.39 Å². The van der Waals surface area contributed by atoms with E-state index in [0.717, 1.165) is 55.3 Å². The highest BCUT2D eigenvalue weighted by molar-refractivity contribution is 6.30. The fraction of sp³-hybridized carbons (Fsp3) is 0.385. The van der Waals surface area contributed by atoms with Crippen LogP contribution in [0.5, 0.6) is 0 Å². The summed E-state index contributed by atoms with van der Waals surface area (Å²) in [7, 11) is 1.60. The van der Waals surface area contributed by atoms with Crippen LogP contribution in [0.1, 0.15) is 58.3 Å². The van der Waals surface area contributed by atoms with Gasteiger partial charge in [-0.25, -0.2) is 9.45 Å². The first-order valence-electron chi connectivity index (χ1n) is 11.7. The fourth-order valence-corrected chi connectivity index (χ4v) is 4.65. The van der Waals surface area contributed by atoms with E-state index < -0.39 is 0 Å². The number of halogens is 2. The van der Waals surface area contributed by atoms with Crippen LogP contribution in [-0.4, -0.2) is 24.0 Å². The number of fused-ring (bicyclic) bond motifs is 1. The van der Waals surface area contributed by atoms with Gasteiger partial charge in [0.2, 0.25) is 0 Å². The number of benzene rings is 2. The topological polar surface area (TPSA) is 37.7 Å². The van der Waals surface area contributed by atoms with Crippen LogP contribution in [0.2, 0.25) is 5.02 Å². The minimum atomic E-state index is -0.227. The van der Waals surface area contributed by atoms with Gasteiger partial charge in [-0.1, -0.05) is 18.5 Å². The number of anilines is 1. The van der Waals surface area contributed by atoms with Crippen LogP contribution in [0.25, 0.3) is 10.9 Å². The molecular formula is C26H29ClFN3O. The second-order valence-electron chi connectivity index (χ2n) is 8.23. The van der Waals surface area contributed by atoms with Gasteiger partial charge in [0.1, 0.15) is 11.7 Å². The van der Waals surface area contributed by atoms with Crippen LogP contribution in [0.15, 0.2) is 59.7 Å². The number of rotatable bonds is 6. The van der Waals surface area contributed by atoms with Gasteiger partial charge in [0, 0.05) is 23.0 Å². The zero-order valence-corrected chi connectivity index (χ0v) is 19.3. The third kappa shape index (κ3) is 5.11. The van der Waals surface area contributed by atoms with Gasteiger partial charge in [0.25, 0.3) is 0 Å². The number of pyridine rings is 1. The molecule has 0 amide bonds. The average molecular weight is 455 g/mol. The van der Waals surface area contributed by atoms with E-state index in [0.29, 0.717) is 22.7 Å². The Hall–Kier alpha value is -2.50. The molecule has 0 spiro atoms. The fourth-order valence-electron chi connectivity index (χ4n) is 4.53. The lowest BCUT2D eigenvalue weighted by atomic mass is 9.81. The maximum atomic E-state index is 13.9. The number of aliphatic imine (C=N–C) groups is 1. The van der Waals surface area contributed by atoms with E-state index in [1.165, 1.54) is 11.6 Å². The van der Waals surface area contributed by atoms with Gasteiger partial charge in [-0.3, -0.25) is 14.8 Å². The Kier molecular flexibility index (Phi) is 6.95. The SMILES string of the molecule is [2H]c1cc(Cl)ccc1N(OC)C(CCC)=NC1CCC(c2ccnc3ccc(F)cc23)CC1. The second kappa shape index (κ2) is 10.4. The molecule has 168 valence electrons. The average Bonchev–Trinajstić information content (AvgIpc) is 2.81. The first kappa shape index (κ1) is 21.4. The highest BCUT2D eigenvalue weighted by Gasteiger charge is 2.25. The van der Waals surface area contributed by atoms with Gasteiger partial charge in [-0.05, 0) is 92.1 Å². The summed E-state index contributed by atoms with van der Waals surface area (Å²) >= 11 is 6.04. The molecule has 1 fully saturated rings. The Labute approximate surface area is 195 Å². The number of nitrogens with zero attached hydrogens (tertiary/aromatic N) is 3. The third-order valence-corrected chi connectivity index (χ3v) is 6.31. The van der Waals surface area contributed by atoms with E-state index in [2.05, 4.69) is 11.9 Å². The van der Waals surface area contributed by atoms with Crippen molar-refractivity contribution in [3.05, 3.63) is 71.1 Å². The first-order chi connectivity index (χ1) is 16.0. The van der Waals surface area contributed by atoms with E-state index in [1.807, 2.05) is 12.3 Å². The molecule has 3 aromatic rings. The molecule has 1 aliphatic carbocycles. The van der Waals surface area contributed by atoms with Crippen molar-refractivity contribution in [2.75, 3.05) is 12.2 Å². The second-order valence-corrected chi connectivity index (χ2v) is 8.67. The summed E-state index contributed by atoms with van der Waals surface area (Å²) < 4.78 is 22.2. The largest absolute Gasteiger partial charge is 0.271 e. The highest BCUT2D eigenvalue weighted by Crippen LogP contribution is 2.37. The van der Waals surface area contributed by atoms with Gasteiger partial charge in [0.15, 0.2) is 0 Å². The number of hydroxylamine groups is 1. The molecule has 1 aromatic heterocycles. The molecule has 0 aliphatic heterocycles. The lowest BCUT2D eigenvalue weighted by molar-refractivity contribution is 0.207. The third-order valence-electron chi connectivity index (χ3n) is 6.07. The monoisotopic (exact) mass is 454 g/mol. The first-order valence-corrected chi connectivity index (χ1v) is 11.6. The number of aromatic nitrogens is 1. The van der Waals surface area contributed by atoms with Crippen molar-refractivity contribution < 1.29 is 10.6 Å². The summed E-state index contributed by atoms with van der Waals surface area (Å²) in [6.07, 6.45) is 7.36. The van der Waals surface area contributed by atoms with Crippen LogP contribution in [0.3, 0.4) is 0 Å². The molecule has 4 nitrogen and oxygen atoms in total. The maximum absolute atomic E-state index is 13.9. The van der Waals surface area contributed by atoms with Gasteiger partial charge >= 0.3 is 0 Å². The maximum Gasteiger partial charge on any atom is 0.130 e. The minimum absolute atomic E-state index is 0.187. The summed E-state index contributed by atoms with van der Waals surface area (Å²) in [4.78, 5) is 15.1. The van der Waals surface area contributed by atoms with Crippen molar-refractivity contribution in [1.82, 2.24) is 4.98 Å². The smallest absolute Gasteiger partial charge is 0.130 e. The zero-order valence-electron chi connectivity index (χ0n) is 19.5. The predicted octanol–water partition coefficient (Wildman–Crippen LogP) is 7.32. The van der Waals surface area contributed by atoms with Gasteiger partial charge in [-0.15, -0.1) is 0 Å². The highest BCUT2D eigenvalue weighted by atomic mass is 35.5. The quantitative estimate of drug-likeness (QED) is 0.222. The Morgan fingerprint density at radius 2 is 2.03 bits per heavy atom. The summed E-state index contributed by atoms with van der Waals surface area (Å²) in [6, 6.07) is 12.5. The molecule has 1 heterocycles. The molecule has 0 saturated heterocycles. The summed E-state index contributed by atoms with van der Waals surface area (Å²) in [6.45, 7) is 2.11. The minimum Gasteiger partial charge on any atom is -0.271 e. The van der Waals surface area contributed by atoms with Crippen molar-refractivity contribution in [2.24, 2.45) is 4.99 Å². The number of hydrogen-bond donors (Lipinski definition) is 0. The lowest BCUT2D eigenvalue weighted by Crippen LogP contribution is -2.31. The molecule has 0 atom stereocenters. The lowest BCUT2D eigenvalue weighted by Gasteiger charge is -2.30. The summed E-state index contributed by atoms with van der Waals surface area (Å²) in [5.74, 6) is 0.971. The van der Waals surface area contributed by atoms with Crippen LogP contribution in [0, 0.1) is 5.82 Å². The zero-order chi connectivity index (χ0) is 23.4. The molecule has 0 bridgehead atoms. The Morgan fingerprint density at radius 3 is 2.75 bits per heavy atom. The van der Waals surface area contributed by atoms with Crippen LogP contribution < -0.4 is 5.06 Å². The Balaban J connectivity index is 1.53. The summed E-state index contributed by atoms with van der Waals surface area (Å²) in [5, 5.41) is 3.09. The van der Waals surface area contributed by atoms with Crippen LogP contribution in [0.4, 0.5) is 10.1 Å². The van der Waals surface area contributed by atoms with E-state index in [1.54, 1.807) is 42.5 Å². The van der Waals surface area contributed by atoms with E-state index in [4.69, 9.17) is 22.8 Å². The molecular weight excluding hydrogens is 425 g/mol. The van der Waals surface area contributed by atoms with Gasteiger partial charge in [-0.2, -0.15) is 0 Å². The Morgan fingerprint density at radius 1 is 1.22 bits per heavy atom. The number of hydrogen-bond acceptors (Lipinski definition) is 3. The van der Waals surface area contributed by atoms with Crippen molar-refractivity contribution in [1.29, 1.82) is 0 Å². The predicted molar refractivity (Wildman–Crippen MR) is 130 cm³/mol. The Bertz CT molecular complexity index is 1150. The van der Waals surface area contributed by atoms with Crippen LogP contribution >= 0.6 is 11.6 Å². The van der Waals surface area contributed by atoms with E-state index in [-0.39, 0.29) is 11.9 Å². The van der Waals surface area contributed by atoms with Crippen molar-refractivity contribution in [2.45, 2.75) is 57.4 Å². The molecule has 0 radical (unpaired) electrons. The standard InChI is InChI=1S/C26H29ClFN3O/c1-3-4-26(31(32-2)22-12-7-19(27)8-13-22)30-21-10-5-18(6-11-21)23-15-16-29-25-14-9-20(28)17-24(23)25/h7-9,12-18,21H,3-6,10-11H2,1-2H3/i12D. The molecule has 6 heteroatoms. The molecule has 2 aromatic carbocycles. The molecule has 1 aliphatic rings. The summed E-state index contributed by atoms with van der Waals surface area (Å²) in [5.41, 5.74) is 2.64. The number of amidine groups is 1. The normalized spacial score (nSPS) is 19.8. The van der Waals surface area contributed by atoms with Crippen molar-refractivity contribution in [3.8, 4) is 0 Å². The van der Waals surface area contributed by atoms with E-state index >= 15 is 0 Å².